The number of rotatable bonds is 3. The number of hydrogen-bond acceptors (Lipinski definition) is 5. The van der Waals surface area contributed by atoms with Crippen LogP contribution >= 0.6 is 0 Å². The number of carbonyl (C=O) groups excluding carboxylic acids is 1. The first kappa shape index (κ1) is 16.0. The summed E-state index contributed by atoms with van der Waals surface area (Å²) in [5.74, 6) is 0.634. The number of aromatic nitrogens is 3. The Morgan fingerprint density at radius 3 is 2.69 bits per heavy atom. The summed E-state index contributed by atoms with van der Waals surface area (Å²) in [6.07, 6.45) is 3.24. The van der Waals surface area contributed by atoms with Gasteiger partial charge in [0.1, 0.15) is 12.1 Å². The third-order valence-electron chi connectivity index (χ3n) is 4.17. The lowest BCUT2D eigenvalue weighted by Crippen LogP contribution is -2.13. The van der Waals surface area contributed by atoms with Gasteiger partial charge in [-0.15, -0.1) is 0 Å². The van der Waals surface area contributed by atoms with Gasteiger partial charge >= 0.3 is 0 Å². The molecule has 4 aromatic rings. The molecule has 0 fully saturated rings. The smallest absolute Gasteiger partial charge is 0.255 e. The minimum Gasteiger partial charge on any atom is -0.362 e. The topological polar surface area (TPSA) is 71.0 Å². The molecule has 1 N–H and O–H groups in total. The summed E-state index contributed by atoms with van der Waals surface area (Å²) < 4.78 is 0. The van der Waals surface area contributed by atoms with Gasteiger partial charge in [-0.25, -0.2) is 9.97 Å². The fourth-order valence-corrected chi connectivity index (χ4v) is 2.89. The van der Waals surface area contributed by atoms with Crippen molar-refractivity contribution in [1.82, 2.24) is 15.0 Å². The fraction of sp³-hybridized carbons (Fsp3) is 0.100. The van der Waals surface area contributed by atoms with E-state index in [2.05, 4.69) is 20.3 Å². The van der Waals surface area contributed by atoms with E-state index in [-0.39, 0.29) is 5.91 Å². The van der Waals surface area contributed by atoms with E-state index in [9.17, 15) is 4.79 Å². The lowest BCUT2D eigenvalue weighted by molar-refractivity contribution is 0.102. The van der Waals surface area contributed by atoms with Crippen LogP contribution in [-0.4, -0.2) is 35.0 Å². The number of pyridine rings is 1. The maximum atomic E-state index is 12.6. The van der Waals surface area contributed by atoms with Crippen molar-refractivity contribution in [1.29, 1.82) is 0 Å². The van der Waals surface area contributed by atoms with Crippen LogP contribution in [0.5, 0.6) is 0 Å². The first-order valence-electron chi connectivity index (χ1n) is 8.20. The monoisotopic (exact) mass is 343 g/mol. The quantitative estimate of drug-likeness (QED) is 0.616. The normalized spacial score (nSPS) is 10.8. The van der Waals surface area contributed by atoms with Crippen LogP contribution in [0, 0.1) is 0 Å². The van der Waals surface area contributed by atoms with Gasteiger partial charge in [0.25, 0.3) is 5.91 Å². The maximum Gasteiger partial charge on any atom is 0.255 e. The first-order chi connectivity index (χ1) is 12.6. The van der Waals surface area contributed by atoms with Crippen molar-refractivity contribution in [3.05, 3.63) is 66.6 Å². The van der Waals surface area contributed by atoms with Crippen molar-refractivity contribution in [2.75, 3.05) is 24.3 Å². The predicted octanol–water partition coefficient (Wildman–Crippen LogP) is 3.50. The number of nitrogens with zero attached hydrogens (tertiary/aromatic N) is 4. The Morgan fingerprint density at radius 1 is 0.962 bits per heavy atom. The molecule has 0 bridgehead atoms. The van der Waals surface area contributed by atoms with Gasteiger partial charge in [0.05, 0.1) is 11.0 Å². The molecule has 4 rings (SSSR count). The predicted molar refractivity (Wildman–Crippen MR) is 104 cm³/mol. The van der Waals surface area contributed by atoms with Crippen LogP contribution in [0.2, 0.25) is 0 Å². The first-order valence-corrected chi connectivity index (χ1v) is 8.20. The molecule has 0 radical (unpaired) electrons. The second kappa shape index (κ2) is 6.40. The van der Waals surface area contributed by atoms with Crippen molar-refractivity contribution >= 4 is 39.2 Å². The molecular weight excluding hydrogens is 326 g/mol. The van der Waals surface area contributed by atoms with Crippen molar-refractivity contribution in [2.24, 2.45) is 0 Å². The van der Waals surface area contributed by atoms with E-state index in [1.165, 1.54) is 6.33 Å². The summed E-state index contributed by atoms with van der Waals surface area (Å²) in [4.78, 5) is 27.4. The Bertz CT molecular complexity index is 1120. The Morgan fingerprint density at radius 2 is 1.85 bits per heavy atom. The zero-order valence-electron chi connectivity index (χ0n) is 14.5. The number of anilines is 2. The summed E-state index contributed by atoms with van der Waals surface area (Å²) in [5, 5.41) is 4.86. The largest absolute Gasteiger partial charge is 0.362 e. The van der Waals surface area contributed by atoms with Gasteiger partial charge < -0.3 is 10.2 Å². The lowest BCUT2D eigenvalue weighted by Gasteiger charge is -2.13. The third-order valence-corrected chi connectivity index (χ3v) is 4.17. The van der Waals surface area contributed by atoms with E-state index >= 15 is 0 Å². The molecule has 2 heterocycles. The number of hydrogen-bond donors (Lipinski definition) is 1. The molecule has 1 amide bonds. The molecule has 0 aliphatic carbocycles. The summed E-state index contributed by atoms with van der Waals surface area (Å²) in [6.45, 7) is 0. The zero-order valence-corrected chi connectivity index (χ0v) is 14.5. The Kier molecular flexibility index (Phi) is 3.93. The van der Waals surface area contributed by atoms with Crippen LogP contribution in [0.25, 0.3) is 21.8 Å². The highest BCUT2D eigenvalue weighted by molar-refractivity contribution is 6.07. The molecule has 128 valence electrons. The second-order valence-corrected chi connectivity index (χ2v) is 6.19. The van der Waals surface area contributed by atoms with Crippen LogP contribution in [0.15, 0.2) is 61.1 Å². The zero-order chi connectivity index (χ0) is 18.1. The molecule has 0 saturated carbocycles. The Labute approximate surface area is 150 Å². The van der Waals surface area contributed by atoms with Gasteiger partial charge in [-0.1, -0.05) is 12.1 Å². The number of benzene rings is 2. The number of nitrogens with one attached hydrogen (secondary N) is 1. The molecule has 6 nitrogen and oxygen atoms in total. The Balaban J connectivity index is 1.65. The molecule has 26 heavy (non-hydrogen) atoms. The minimum absolute atomic E-state index is 0.188. The lowest BCUT2D eigenvalue weighted by atomic mass is 10.1. The van der Waals surface area contributed by atoms with E-state index in [0.29, 0.717) is 11.3 Å². The SMILES string of the molecule is CN(C)c1ncnc2cc(C(=O)Nc3ccc4cccnc4c3)ccc12. The average Bonchev–Trinajstić information content (AvgIpc) is 2.66. The molecular formula is C20H17N5O. The van der Waals surface area contributed by atoms with Crippen LogP contribution in [0.1, 0.15) is 10.4 Å². The molecule has 0 spiro atoms. The number of amides is 1. The Hall–Kier alpha value is -3.54. The van der Waals surface area contributed by atoms with Crippen molar-refractivity contribution in [3.63, 3.8) is 0 Å². The van der Waals surface area contributed by atoms with E-state index in [4.69, 9.17) is 0 Å². The summed E-state index contributed by atoms with van der Waals surface area (Å²) >= 11 is 0. The second-order valence-electron chi connectivity index (χ2n) is 6.19. The van der Waals surface area contributed by atoms with Gasteiger partial charge in [-0.3, -0.25) is 9.78 Å². The van der Waals surface area contributed by atoms with E-state index in [0.717, 1.165) is 27.6 Å². The highest BCUT2D eigenvalue weighted by Gasteiger charge is 2.11. The molecule has 0 aliphatic rings. The molecule has 2 aromatic carbocycles. The van der Waals surface area contributed by atoms with Crippen molar-refractivity contribution < 1.29 is 4.79 Å². The van der Waals surface area contributed by atoms with Gasteiger partial charge in [0.2, 0.25) is 0 Å². The van der Waals surface area contributed by atoms with Crippen molar-refractivity contribution in [2.45, 2.75) is 0 Å². The summed E-state index contributed by atoms with van der Waals surface area (Å²) in [7, 11) is 3.85. The van der Waals surface area contributed by atoms with Gasteiger partial charge in [-0.05, 0) is 36.4 Å². The molecule has 0 saturated heterocycles. The van der Waals surface area contributed by atoms with Gasteiger partial charge in [0.15, 0.2) is 0 Å². The van der Waals surface area contributed by atoms with Gasteiger partial charge in [-0.2, -0.15) is 0 Å². The highest BCUT2D eigenvalue weighted by atomic mass is 16.1. The average molecular weight is 343 g/mol. The standard InChI is InChI=1S/C20H17N5O/c1-25(2)19-16-8-6-14(10-18(16)22-12-23-19)20(26)24-15-7-5-13-4-3-9-21-17(13)11-15/h3-12H,1-2H3,(H,24,26). The molecule has 2 aromatic heterocycles. The molecule has 0 unspecified atom stereocenters. The molecule has 6 heteroatoms. The van der Waals surface area contributed by atoms with Crippen LogP contribution in [0.3, 0.4) is 0 Å². The van der Waals surface area contributed by atoms with E-state index in [1.54, 1.807) is 18.3 Å². The summed E-state index contributed by atoms with van der Waals surface area (Å²) in [5.41, 5.74) is 2.82. The minimum atomic E-state index is -0.188. The van der Waals surface area contributed by atoms with Crippen LogP contribution < -0.4 is 10.2 Å². The number of fused-ring (bicyclic) bond motifs is 2. The third kappa shape index (κ3) is 2.93. The fourth-order valence-electron chi connectivity index (χ4n) is 2.89. The highest BCUT2D eigenvalue weighted by Crippen LogP contribution is 2.23. The maximum absolute atomic E-state index is 12.6. The molecule has 0 atom stereocenters. The van der Waals surface area contributed by atoms with Gasteiger partial charge in [0, 0.05) is 42.3 Å². The van der Waals surface area contributed by atoms with Crippen molar-refractivity contribution in [3.8, 4) is 0 Å². The summed E-state index contributed by atoms with van der Waals surface area (Å²) in [6, 6.07) is 15.0. The van der Waals surface area contributed by atoms with E-state index in [1.807, 2.05) is 55.4 Å². The number of carbonyl (C=O) groups is 1. The van der Waals surface area contributed by atoms with Crippen LogP contribution in [-0.2, 0) is 0 Å². The van der Waals surface area contributed by atoms with E-state index < -0.39 is 0 Å². The molecule has 0 aliphatic heterocycles. The van der Waals surface area contributed by atoms with Crippen LogP contribution in [0.4, 0.5) is 11.5 Å².